The Labute approximate surface area is 175 Å². The number of nitrogens with one attached hydrogen (secondary N) is 1. The Hall–Kier alpha value is -1.87. The van der Waals surface area contributed by atoms with Crippen LogP contribution in [0.1, 0.15) is 0 Å². The van der Waals surface area contributed by atoms with E-state index < -0.39 is 36.6 Å². The SMILES string of the molecule is COC(C(=O)O)N1CCNCCN(C(OC)C(=O)O)CCN(C(OC)C(=O)O)CC1. The molecule has 1 rings (SSSR count). The molecule has 0 aromatic carbocycles. The third kappa shape index (κ3) is 7.75. The maximum atomic E-state index is 11.6. The number of aliphatic carboxylic acids is 3. The highest BCUT2D eigenvalue weighted by atomic mass is 16.5. The van der Waals surface area contributed by atoms with Gasteiger partial charge in [0.2, 0.25) is 18.7 Å². The zero-order valence-electron chi connectivity index (χ0n) is 17.5. The number of carboxylic acid groups (broad SMARTS) is 3. The first-order chi connectivity index (χ1) is 14.3. The number of hydrogen-bond acceptors (Lipinski definition) is 10. The molecule has 13 nitrogen and oxygen atoms in total. The van der Waals surface area contributed by atoms with Gasteiger partial charge >= 0.3 is 17.9 Å². The summed E-state index contributed by atoms with van der Waals surface area (Å²) in [4.78, 5) is 39.3. The molecule has 1 aliphatic heterocycles. The second-order valence-corrected chi connectivity index (χ2v) is 6.64. The lowest BCUT2D eigenvalue weighted by Gasteiger charge is -2.35. The van der Waals surface area contributed by atoms with Crippen molar-refractivity contribution in [3.63, 3.8) is 0 Å². The van der Waals surface area contributed by atoms with E-state index in [1.807, 2.05) is 0 Å². The van der Waals surface area contributed by atoms with Crippen molar-refractivity contribution in [2.24, 2.45) is 0 Å². The van der Waals surface area contributed by atoms with Crippen molar-refractivity contribution in [3.8, 4) is 0 Å². The van der Waals surface area contributed by atoms with Gasteiger partial charge in [-0.25, -0.2) is 14.4 Å². The minimum absolute atomic E-state index is 0.163. The molecule has 0 saturated carbocycles. The van der Waals surface area contributed by atoms with E-state index in [0.29, 0.717) is 26.2 Å². The van der Waals surface area contributed by atoms with Gasteiger partial charge in [0.25, 0.3) is 0 Å². The van der Waals surface area contributed by atoms with E-state index in [1.165, 1.54) is 26.2 Å². The standard InChI is InChI=1S/C17H32N4O9/c1-28-12(15(22)23)19-6-4-18-5-7-20(13(29-2)16(24)25)9-11-21(10-8-19)14(30-3)17(26)27/h12-14,18H,4-11H2,1-3H3,(H,22,23)(H,24,25)(H,26,27). The van der Waals surface area contributed by atoms with Crippen LogP contribution in [-0.4, -0.2) is 140 Å². The van der Waals surface area contributed by atoms with Crippen molar-refractivity contribution < 1.29 is 43.9 Å². The highest BCUT2D eigenvalue weighted by Gasteiger charge is 2.31. The molecule has 0 amide bonds. The van der Waals surface area contributed by atoms with Gasteiger partial charge in [0, 0.05) is 73.7 Å². The quantitative estimate of drug-likeness (QED) is 0.305. The van der Waals surface area contributed by atoms with Crippen LogP contribution >= 0.6 is 0 Å². The molecule has 0 aromatic rings. The lowest BCUT2D eigenvalue weighted by Crippen LogP contribution is -2.55. The van der Waals surface area contributed by atoms with E-state index in [-0.39, 0.29) is 26.2 Å². The molecule has 1 heterocycles. The molecule has 174 valence electrons. The molecular formula is C17H32N4O9. The molecule has 0 bridgehead atoms. The molecule has 3 unspecified atom stereocenters. The van der Waals surface area contributed by atoms with Crippen LogP contribution in [0.2, 0.25) is 0 Å². The summed E-state index contributed by atoms with van der Waals surface area (Å²) >= 11 is 0. The molecule has 13 heteroatoms. The van der Waals surface area contributed by atoms with E-state index in [1.54, 1.807) is 9.80 Å². The fourth-order valence-corrected chi connectivity index (χ4v) is 3.34. The first-order valence-corrected chi connectivity index (χ1v) is 9.46. The maximum absolute atomic E-state index is 11.6. The van der Waals surface area contributed by atoms with Gasteiger partial charge in [-0.15, -0.1) is 0 Å². The summed E-state index contributed by atoms with van der Waals surface area (Å²) in [5, 5.41) is 31.4. The van der Waals surface area contributed by atoms with Gasteiger partial charge < -0.3 is 34.8 Å². The fourth-order valence-electron chi connectivity index (χ4n) is 3.34. The zero-order valence-corrected chi connectivity index (χ0v) is 17.5. The van der Waals surface area contributed by atoms with Crippen LogP contribution in [0.4, 0.5) is 0 Å². The largest absolute Gasteiger partial charge is 0.478 e. The third-order valence-electron chi connectivity index (χ3n) is 4.80. The summed E-state index contributed by atoms with van der Waals surface area (Å²) in [7, 11) is 3.85. The summed E-state index contributed by atoms with van der Waals surface area (Å²) in [6.07, 6.45) is -3.63. The normalized spacial score (nSPS) is 21.7. The van der Waals surface area contributed by atoms with Gasteiger partial charge in [-0.2, -0.15) is 0 Å². The first kappa shape index (κ1) is 26.2. The van der Waals surface area contributed by atoms with E-state index in [9.17, 15) is 29.7 Å². The minimum atomic E-state index is -1.27. The van der Waals surface area contributed by atoms with Gasteiger partial charge in [0.1, 0.15) is 0 Å². The van der Waals surface area contributed by atoms with Crippen molar-refractivity contribution >= 4 is 17.9 Å². The molecule has 1 saturated heterocycles. The zero-order chi connectivity index (χ0) is 22.7. The van der Waals surface area contributed by atoms with E-state index >= 15 is 0 Å². The van der Waals surface area contributed by atoms with Gasteiger partial charge in [-0.3, -0.25) is 14.7 Å². The average Bonchev–Trinajstić information content (AvgIpc) is 2.67. The second-order valence-electron chi connectivity index (χ2n) is 6.64. The molecule has 0 aromatic heterocycles. The fraction of sp³-hybridized carbons (Fsp3) is 0.824. The predicted octanol–water partition coefficient (Wildman–Crippen LogP) is -2.33. The van der Waals surface area contributed by atoms with Crippen molar-refractivity contribution in [2.45, 2.75) is 18.7 Å². The van der Waals surface area contributed by atoms with Crippen LogP contribution in [0.5, 0.6) is 0 Å². The molecule has 0 radical (unpaired) electrons. The number of nitrogens with zero attached hydrogens (tertiary/aromatic N) is 3. The van der Waals surface area contributed by atoms with Crippen LogP contribution in [-0.2, 0) is 28.6 Å². The van der Waals surface area contributed by atoms with E-state index in [2.05, 4.69) is 5.32 Å². The number of carboxylic acids is 3. The number of methoxy groups -OCH3 is 3. The molecule has 1 aliphatic rings. The van der Waals surface area contributed by atoms with Gasteiger partial charge in [-0.05, 0) is 0 Å². The lowest BCUT2D eigenvalue weighted by molar-refractivity contribution is -0.168. The van der Waals surface area contributed by atoms with Crippen LogP contribution < -0.4 is 5.32 Å². The predicted molar refractivity (Wildman–Crippen MR) is 103 cm³/mol. The van der Waals surface area contributed by atoms with Gasteiger partial charge in [0.15, 0.2) is 0 Å². The average molecular weight is 436 g/mol. The maximum Gasteiger partial charge on any atom is 0.348 e. The van der Waals surface area contributed by atoms with Crippen molar-refractivity contribution in [3.05, 3.63) is 0 Å². The Morgan fingerprint density at radius 3 is 1.13 bits per heavy atom. The van der Waals surface area contributed by atoms with Gasteiger partial charge in [0.05, 0.1) is 0 Å². The molecule has 0 aliphatic carbocycles. The molecular weight excluding hydrogens is 404 g/mol. The van der Waals surface area contributed by atoms with Crippen LogP contribution in [0.3, 0.4) is 0 Å². The monoisotopic (exact) mass is 436 g/mol. The lowest BCUT2D eigenvalue weighted by atomic mass is 10.3. The van der Waals surface area contributed by atoms with Crippen LogP contribution in [0.15, 0.2) is 0 Å². The van der Waals surface area contributed by atoms with E-state index in [4.69, 9.17) is 14.2 Å². The summed E-state index contributed by atoms with van der Waals surface area (Å²) < 4.78 is 15.3. The van der Waals surface area contributed by atoms with Crippen LogP contribution in [0, 0.1) is 0 Å². The minimum Gasteiger partial charge on any atom is -0.478 e. The number of ether oxygens (including phenoxy) is 3. The summed E-state index contributed by atoms with van der Waals surface area (Å²) in [6.45, 7) is 2.24. The first-order valence-electron chi connectivity index (χ1n) is 9.46. The number of rotatable bonds is 9. The van der Waals surface area contributed by atoms with Gasteiger partial charge in [-0.1, -0.05) is 0 Å². The van der Waals surface area contributed by atoms with Crippen LogP contribution in [0.25, 0.3) is 0 Å². The second kappa shape index (κ2) is 13.4. The Morgan fingerprint density at radius 1 is 0.633 bits per heavy atom. The summed E-state index contributed by atoms with van der Waals surface area (Å²) in [5.74, 6) is -3.49. The Kier molecular flexibility index (Phi) is 11.7. The highest BCUT2D eigenvalue weighted by Crippen LogP contribution is 2.09. The van der Waals surface area contributed by atoms with Crippen molar-refractivity contribution in [1.82, 2.24) is 20.0 Å². The molecule has 4 N–H and O–H groups in total. The smallest absolute Gasteiger partial charge is 0.348 e. The Morgan fingerprint density at radius 2 is 0.900 bits per heavy atom. The van der Waals surface area contributed by atoms with Crippen molar-refractivity contribution in [2.75, 3.05) is 73.7 Å². The summed E-state index contributed by atoms with van der Waals surface area (Å²) in [6, 6.07) is 0. The third-order valence-corrected chi connectivity index (χ3v) is 4.80. The molecule has 30 heavy (non-hydrogen) atoms. The number of carbonyl (C=O) groups is 3. The van der Waals surface area contributed by atoms with Crippen molar-refractivity contribution in [1.29, 1.82) is 0 Å². The summed E-state index contributed by atoms with van der Waals surface area (Å²) in [5.41, 5.74) is 0. The Bertz CT molecular complexity index is 529. The molecule has 3 atom stereocenters. The van der Waals surface area contributed by atoms with E-state index in [0.717, 1.165) is 0 Å². The topological polar surface area (TPSA) is 161 Å². The molecule has 0 spiro atoms. The highest BCUT2D eigenvalue weighted by molar-refractivity contribution is 5.72. The Balaban J connectivity index is 3.07. The molecule has 1 fully saturated rings. The number of hydrogen-bond donors (Lipinski definition) is 4.